The summed E-state index contributed by atoms with van der Waals surface area (Å²) in [4.78, 5) is 18.5. The highest BCUT2D eigenvalue weighted by Gasteiger charge is 2.16. The topological polar surface area (TPSA) is 83.5 Å². The van der Waals surface area contributed by atoms with Crippen LogP contribution in [-0.2, 0) is 0 Å². The Labute approximate surface area is 222 Å². The fourth-order valence-electron chi connectivity index (χ4n) is 4.21. The second-order valence-corrected chi connectivity index (χ2v) is 9.70. The van der Waals surface area contributed by atoms with Gasteiger partial charge in [-0.1, -0.05) is 59.4 Å². The molecule has 6 aromatic rings. The van der Waals surface area contributed by atoms with Crippen LogP contribution in [0.4, 0.5) is 0 Å². The number of para-hydroxylation sites is 1. The average molecular weight is 522 g/mol. The maximum absolute atomic E-state index is 13.3. The van der Waals surface area contributed by atoms with E-state index in [1.54, 1.807) is 26.4 Å². The first-order valence-electron chi connectivity index (χ1n) is 11.9. The summed E-state index contributed by atoms with van der Waals surface area (Å²) < 4.78 is 14.4. The summed E-state index contributed by atoms with van der Waals surface area (Å²) in [5, 5.41) is 9.34. The van der Waals surface area contributed by atoms with Crippen LogP contribution in [0, 0.1) is 6.92 Å². The predicted molar refractivity (Wildman–Crippen MR) is 148 cm³/mol. The number of benzene rings is 3. The van der Waals surface area contributed by atoms with Crippen LogP contribution in [0.3, 0.4) is 0 Å². The maximum atomic E-state index is 13.3. The molecule has 0 saturated carbocycles. The Hall–Kier alpha value is -4.76. The lowest BCUT2D eigenvalue weighted by molar-refractivity contribution is 0.355. The molecule has 0 aliphatic heterocycles. The van der Waals surface area contributed by atoms with E-state index < -0.39 is 0 Å². The molecule has 9 heteroatoms. The van der Waals surface area contributed by atoms with Crippen molar-refractivity contribution in [3.8, 4) is 39.8 Å². The third kappa shape index (κ3) is 4.22. The lowest BCUT2D eigenvalue weighted by atomic mass is 10.1. The monoisotopic (exact) mass is 521 g/mol. The van der Waals surface area contributed by atoms with E-state index in [-0.39, 0.29) is 5.56 Å². The van der Waals surface area contributed by atoms with Crippen molar-refractivity contribution in [1.82, 2.24) is 24.4 Å². The van der Waals surface area contributed by atoms with E-state index in [2.05, 4.69) is 22.2 Å². The van der Waals surface area contributed by atoms with Crippen molar-refractivity contribution >= 4 is 22.4 Å². The lowest BCUT2D eigenvalue weighted by Gasteiger charge is -2.07. The first-order valence-corrected chi connectivity index (χ1v) is 12.7. The molecule has 0 atom stereocenters. The number of nitrogens with zero attached hydrogens (tertiary/aromatic N) is 5. The van der Waals surface area contributed by atoms with Crippen molar-refractivity contribution in [2.45, 2.75) is 6.92 Å². The van der Waals surface area contributed by atoms with Crippen molar-refractivity contribution in [3.63, 3.8) is 0 Å². The Kier molecular flexibility index (Phi) is 5.97. The molecule has 0 saturated heterocycles. The van der Waals surface area contributed by atoms with E-state index in [1.807, 2.05) is 72.4 Å². The van der Waals surface area contributed by atoms with Gasteiger partial charge < -0.3 is 9.47 Å². The van der Waals surface area contributed by atoms with Gasteiger partial charge in [-0.3, -0.25) is 4.79 Å². The normalized spacial score (nSPS) is 11.8. The fraction of sp³-hybridized carbons (Fsp3) is 0.103. The third-order valence-electron chi connectivity index (χ3n) is 6.20. The number of thiazole rings is 1. The Morgan fingerprint density at radius 1 is 0.868 bits per heavy atom. The highest BCUT2D eigenvalue weighted by Crippen LogP contribution is 2.31. The number of hydrogen-bond donors (Lipinski definition) is 0. The molecule has 38 heavy (non-hydrogen) atoms. The molecule has 3 aromatic heterocycles. The smallest absolute Gasteiger partial charge is 0.291 e. The number of fused-ring (bicyclic) bond motifs is 1. The summed E-state index contributed by atoms with van der Waals surface area (Å²) in [5.74, 6) is 1.62. The van der Waals surface area contributed by atoms with Crippen LogP contribution in [0.5, 0.6) is 11.5 Å². The minimum atomic E-state index is -0.230. The van der Waals surface area contributed by atoms with Crippen molar-refractivity contribution in [3.05, 3.63) is 105 Å². The van der Waals surface area contributed by atoms with E-state index in [1.165, 1.54) is 21.4 Å². The lowest BCUT2D eigenvalue weighted by Crippen LogP contribution is -2.23. The highest BCUT2D eigenvalue weighted by molar-refractivity contribution is 7.15. The molecule has 0 amide bonds. The zero-order valence-electron chi connectivity index (χ0n) is 21.0. The summed E-state index contributed by atoms with van der Waals surface area (Å²) in [6.07, 6.45) is 3.80. The van der Waals surface area contributed by atoms with E-state index in [0.717, 1.165) is 28.1 Å². The standard InChI is InChI=1S/C29H23N5O3S/c1-18-9-11-19(12-10-18)26-21(17-33(31-26)22-7-5-4-6-8-22)16-25-28(35)34-29(38-25)30-27(32-34)20-13-14-23(36-2)24(15-20)37-3/h4-17H,1-3H3/b25-16-. The highest BCUT2D eigenvalue weighted by atomic mass is 32.1. The average Bonchev–Trinajstić information content (AvgIpc) is 3.64. The first kappa shape index (κ1) is 23.6. The Bertz CT molecular complexity index is 1870. The van der Waals surface area contributed by atoms with Gasteiger partial charge in [0.1, 0.15) is 0 Å². The molecule has 6 rings (SSSR count). The first-order chi connectivity index (χ1) is 18.5. The van der Waals surface area contributed by atoms with E-state index in [0.29, 0.717) is 26.8 Å². The Morgan fingerprint density at radius 3 is 2.32 bits per heavy atom. The van der Waals surface area contributed by atoms with Gasteiger partial charge in [0.2, 0.25) is 4.96 Å². The van der Waals surface area contributed by atoms with E-state index in [9.17, 15) is 4.79 Å². The molecule has 0 aliphatic rings. The summed E-state index contributed by atoms with van der Waals surface area (Å²) in [6, 6.07) is 23.5. The van der Waals surface area contributed by atoms with Crippen LogP contribution in [-0.4, -0.2) is 38.6 Å². The van der Waals surface area contributed by atoms with Gasteiger partial charge in [0.05, 0.1) is 30.1 Å². The number of rotatable bonds is 6. The second kappa shape index (κ2) is 9.60. The molecule has 0 aliphatic carbocycles. The van der Waals surface area contributed by atoms with E-state index >= 15 is 0 Å². The largest absolute Gasteiger partial charge is 0.493 e. The molecular formula is C29H23N5O3S. The van der Waals surface area contributed by atoms with Gasteiger partial charge in [-0.15, -0.1) is 5.10 Å². The van der Waals surface area contributed by atoms with Gasteiger partial charge in [0.25, 0.3) is 5.56 Å². The summed E-state index contributed by atoms with van der Waals surface area (Å²) in [5.41, 5.74) is 5.20. The van der Waals surface area contributed by atoms with Crippen LogP contribution in [0.1, 0.15) is 11.1 Å². The number of hydrogen-bond acceptors (Lipinski definition) is 7. The van der Waals surface area contributed by atoms with Gasteiger partial charge in [-0.05, 0) is 43.3 Å². The zero-order chi connectivity index (χ0) is 26.2. The molecule has 0 fully saturated rings. The fourth-order valence-corrected chi connectivity index (χ4v) is 5.11. The SMILES string of the molecule is COc1ccc(-c2nc3s/c(=C\c4cn(-c5ccccc5)nc4-c4ccc(C)cc4)c(=O)n3n2)cc1OC. The van der Waals surface area contributed by atoms with Crippen molar-refractivity contribution in [2.24, 2.45) is 0 Å². The Balaban J connectivity index is 1.45. The third-order valence-corrected chi connectivity index (χ3v) is 7.16. The number of methoxy groups -OCH3 is 2. The quantitative estimate of drug-likeness (QED) is 0.320. The van der Waals surface area contributed by atoms with Crippen LogP contribution in [0.2, 0.25) is 0 Å². The molecule has 0 N–H and O–H groups in total. The molecule has 0 bridgehead atoms. The van der Waals surface area contributed by atoms with Crippen LogP contribution < -0.4 is 19.6 Å². The number of ether oxygens (including phenoxy) is 2. The zero-order valence-corrected chi connectivity index (χ0v) is 21.8. The molecule has 3 aromatic carbocycles. The van der Waals surface area contributed by atoms with Crippen molar-refractivity contribution in [2.75, 3.05) is 14.2 Å². The number of aromatic nitrogens is 5. The van der Waals surface area contributed by atoms with Gasteiger partial charge in [-0.2, -0.15) is 14.6 Å². The molecular weight excluding hydrogens is 498 g/mol. The van der Waals surface area contributed by atoms with Gasteiger partial charge in [0.15, 0.2) is 17.3 Å². The molecule has 0 unspecified atom stereocenters. The van der Waals surface area contributed by atoms with Crippen LogP contribution in [0.25, 0.3) is 39.4 Å². The molecule has 8 nitrogen and oxygen atoms in total. The molecule has 0 radical (unpaired) electrons. The molecule has 3 heterocycles. The predicted octanol–water partition coefficient (Wildman–Crippen LogP) is 4.54. The van der Waals surface area contributed by atoms with Gasteiger partial charge in [0, 0.05) is 22.9 Å². The second-order valence-electron chi connectivity index (χ2n) is 8.69. The van der Waals surface area contributed by atoms with Crippen LogP contribution in [0.15, 0.2) is 83.8 Å². The Morgan fingerprint density at radius 2 is 1.61 bits per heavy atom. The summed E-state index contributed by atoms with van der Waals surface area (Å²) >= 11 is 1.29. The van der Waals surface area contributed by atoms with Gasteiger partial charge >= 0.3 is 0 Å². The minimum absolute atomic E-state index is 0.230. The molecule has 188 valence electrons. The van der Waals surface area contributed by atoms with Crippen molar-refractivity contribution < 1.29 is 9.47 Å². The van der Waals surface area contributed by atoms with E-state index in [4.69, 9.17) is 14.6 Å². The summed E-state index contributed by atoms with van der Waals surface area (Å²) in [7, 11) is 3.15. The molecule has 0 spiro atoms. The number of aryl methyl sites for hydroxylation is 1. The minimum Gasteiger partial charge on any atom is -0.493 e. The van der Waals surface area contributed by atoms with Crippen LogP contribution >= 0.6 is 11.3 Å². The van der Waals surface area contributed by atoms with Crippen molar-refractivity contribution in [1.29, 1.82) is 0 Å². The van der Waals surface area contributed by atoms with Gasteiger partial charge in [-0.25, -0.2) is 4.68 Å². The maximum Gasteiger partial charge on any atom is 0.291 e. The summed E-state index contributed by atoms with van der Waals surface area (Å²) in [6.45, 7) is 2.05.